The van der Waals surface area contributed by atoms with Crippen molar-refractivity contribution in [2.24, 2.45) is 0 Å². The zero-order valence-electron chi connectivity index (χ0n) is 8.94. The number of hydrogen-bond acceptors (Lipinski definition) is 3. The number of nitrogens with zero attached hydrogens (tertiary/aromatic N) is 1. The zero-order valence-corrected chi connectivity index (χ0v) is 10.4. The predicted molar refractivity (Wildman–Crippen MR) is 66.5 cm³/mol. The van der Waals surface area contributed by atoms with E-state index in [-0.39, 0.29) is 6.61 Å². The van der Waals surface area contributed by atoms with E-state index >= 15 is 0 Å². The summed E-state index contributed by atoms with van der Waals surface area (Å²) < 4.78 is 4.54. The molecule has 1 rings (SSSR count). The molecule has 0 unspecified atom stereocenters. The van der Waals surface area contributed by atoms with Crippen molar-refractivity contribution < 1.29 is 14.3 Å². The Hall–Kier alpha value is -1.26. The summed E-state index contributed by atoms with van der Waals surface area (Å²) in [6.07, 6.45) is 1.25. The minimum absolute atomic E-state index is 0.273. The zero-order chi connectivity index (χ0) is 12.7. The van der Waals surface area contributed by atoms with E-state index in [0.717, 1.165) is 0 Å². The van der Waals surface area contributed by atoms with E-state index in [1.165, 1.54) is 4.90 Å². The maximum atomic E-state index is 10.9. The van der Waals surface area contributed by atoms with Gasteiger partial charge in [0.2, 0.25) is 6.41 Å². The van der Waals surface area contributed by atoms with Gasteiger partial charge in [0, 0.05) is 12.2 Å². The molecule has 0 aliphatic carbocycles. The van der Waals surface area contributed by atoms with Crippen LogP contribution in [-0.2, 0) is 14.3 Å². The number of hydrogen-bond donors (Lipinski definition) is 0. The van der Waals surface area contributed by atoms with Crippen molar-refractivity contribution in [3.05, 3.63) is 28.2 Å². The van der Waals surface area contributed by atoms with Gasteiger partial charge in [-0.1, -0.05) is 23.2 Å². The number of benzene rings is 1. The maximum Gasteiger partial charge on any atom is 0.293 e. The molecular weight excluding hydrogens is 265 g/mol. The first-order valence-electron chi connectivity index (χ1n) is 4.91. The normalized spacial score (nSPS) is 9.76. The quantitative estimate of drug-likeness (QED) is 0.568. The van der Waals surface area contributed by atoms with Crippen molar-refractivity contribution >= 4 is 41.8 Å². The van der Waals surface area contributed by atoms with Crippen LogP contribution in [0.5, 0.6) is 0 Å². The lowest BCUT2D eigenvalue weighted by Crippen LogP contribution is -2.23. The molecule has 4 nitrogen and oxygen atoms in total. The van der Waals surface area contributed by atoms with Gasteiger partial charge in [-0.25, -0.2) is 0 Å². The second kappa shape index (κ2) is 7.14. The molecule has 1 amide bonds. The Morgan fingerprint density at radius 2 is 2.00 bits per heavy atom. The Bertz CT molecular complexity index is 398. The Kier molecular flexibility index (Phi) is 5.80. The molecule has 0 atom stereocenters. The van der Waals surface area contributed by atoms with Crippen LogP contribution < -0.4 is 4.90 Å². The number of anilines is 1. The highest BCUT2D eigenvalue weighted by Crippen LogP contribution is 2.26. The van der Waals surface area contributed by atoms with E-state index in [0.29, 0.717) is 41.6 Å². The highest BCUT2D eigenvalue weighted by atomic mass is 35.5. The molecule has 0 radical (unpaired) electrons. The van der Waals surface area contributed by atoms with Crippen LogP contribution in [0.3, 0.4) is 0 Å². The van der Waals surface area contributed by atoms with Gasteiger partial charge < -0.3 is 9.64 Å². The van der Waals surface area contributed by atoms with E-state index in [2.05, 4.69) is 4.74 Å². The Morgan fingerprint density at radius 1 is 1.24 bits per heavy atom. The van der Waals surface area contributed by atoms with Gasteiger partial charge in [0.1, 0.15) is 0 Å². The molecule has 0 saturated heterocycles. The molecule has 1 aromatic carbocycles. The molecule has 0 heterocycles. The van der Waals surface area contributed by atoms with Crippen LogP contribution in [0.15, 0.2) is 18.2 Å². The van der Waals surface area contributed by atoms with Gasteiger partial charge in [0.25, 0.3) is 6.47 Å². The van der Waals surface area contributed by atoms with Gasteiger partial charge >= 0.3 is 0 Å². The van der Waals surface area contributed by atoms with Crippen LogP contribution >= 0.6 is 23.2 Å². The summed E-state index contributed by atoms with van der Waals surface area (Å²) in [5.74, 6) is 0. The fourth-order valence-electron chi connectivity index (χ4n) is 1.27. The van der Waals surface area contributed by atoms with Crippen LogP contribution in [0.25, 0.3) is 0 Å². The van der Waals surface area contributed by atoms with Gasteiger partial charge in [-0.3, -0.25) is 9.59 Å². The molecule has 0 aliphatic rings. The van der Waals surface area contributed by atoms with Crippen LogP contribution in [-0.4, -0.2) is 26.0 Å². The Labute approximate surface area is 109 Å². The molecule has 0 N–H and O–H groups in total. The summed E-state index contributed by atoms with van der Waals surface area (Å²) in [6.45, 7) is 1.09. The third-order valence-electron chi connectivity index (χ3n) is 2.09. The average molecular weight is 276 g/mol. The number of rotatable bonds is 7. The van der Waals surface area contributed by atoms with Gasteiger partial charge in [-0.2, -0.15) is 0 Å². The lowest BCUT2D eigenvalue weighted by molar-refractivity contribution is -0.128. The van der Waals surface area contributed by atoms with Crippen molar-refractivity contribution in [3.63, 3.8) is 0 Å². The second-order valence-corrected chi connectivity index (χ2v) is 4.03. The molecule has 6 heteroatoms. The minimum Gasteiger partial charge on any atom is -0.468 e. The first-order chi connectivity index (χ1) is 8.19. The molecule has 0 spiro atoms. The third kappa shape index (κ3) is 4.24. The second-order valence-electron chi connectivity index (χ2n) is 3.22. The highest BCUT2D eigenvalue weighted by Gasteiger charge is 2.07. The maximum absolute atomic E-state index is 10.9. The van der Waals surface area contributed by atoms with Crippen LogP contribution in [0.1, 0.15) is 6.42 Å². The standard InChI is InChI=1S/C11H11Cl2NO3/c12-10-3-2-9(6-11(10)13)14(7-15)4-1-5-17-8-16/h2-3,6-8H,1,4-5H2. The monoisotopic (exact) mass is 275 g/mol. The summed E-state index contributed by atoms with van der Waals surface area (Å²) in [6, 6.07) is 4.93. The molecule has 0 fully saturated rings. The topological polar surface area (TPSA) is 46.6 Å². The van der Waals surface area contributed by atoms with Gasteiger partial charge in [-0.05, 0) is 24.6 Å². The third-order valence-corrected chi connectivity index (χ3v) is 2.83. The van der Waals surface area contributed by atoms with Crippen molar-refractivity contribution in [3.8, 4) is 0 Å². The van der Waals surface area contributed by atoms with E-state index in [9.17, 15) is 9.59 Å². The van der Waals surface area contributed by atoms with Crippen molar-refractivity contribution in [2.75, 3.05) is 18.1 Å². The largest absolute Gasteiger partial charge is 0.468 e. The Morgan fingerprint density at radius 3 is 2.59 bits per heavy atom. The number of halogens is 2. The average Bonchev–Trinajstić information content (AvgIpc) is 2.33. The van der Waals surface area contributed by atoms with Gasteiger partial charge in [0.15, 0.2) is 0 Å². The number of amides is 1. The fraction of sp³-hybridized carbons (Fsp3) is 0.273. The molecule has 1 aromatic rings. The van der Waals surface area contributed by atoms with Gasteiger partial charge in [-0.15, -0.1) is 0 Å². The van der Waals surface area contributed by atoms with E-state index in [1.807, 2.05) is 0 Å². The number of ether oxygens (including phenoxy) is 1. The molecule has 0 bridgehead atoms. The lowest BCUT2D eigenvalue weighted by atomic mass is 10.3. The van der Waals surface area contributed by atoms with Crippen molar-refractivity contribution in [1.29, 1.82) is 0 Å². The SMILES string of the molecule is O=COCCCN(C=O)c1ccc(Cl)c(Cl)c1. The summed E-state index contributed by atoms with van der Waals surface area (Å²) in [7, 11) is 0. The number of carbonyl (C=O) groups is 2. The van der Waals surface area contributed by atoms with Crippen LogP contribution in [0.2, 0.25) is 10.0 Å². The molecule has 17 heavy (non-hydrogen) atoms. The highest BCUT2D eigenvalue weighted by molar-refractivity contribution is 6.42. The fourth-order valence-corrected chi connectivity index (χ4v) is 1.57. The number of carbonyl (C=O) groups excluding carboxylic acids is 2. The predicted octanol–water partition coefficient (Wildman–Crippen LogP) is 2.52. The van der Waals surface area contributed by atoms with Crippen LogP contribution in [0.4, 0.5) is 5.69 Å². The summed E-state index contributed by atoms with van der Waals surface area (Å²) in [5, 5.41) is 0.825. The minimum atomic E-state index is 0.273. The molecular formula is C11H11Cl2NO3. The van der Waals surface area contributed by atoms with E-state index in [4.69, 9.17) is 23.2 Å². The molecule has 0 aliphatic heterocycles. The van der Waals surface area contributed by atoms with Gasteiger partial charge in [0.05, 0.1) is 16.7 Å². The molecule has 0 aromatic heterocycles. The van der Waals surface area contributed by atoms with Crippen molar-refractivity contribution in [1.82, 2.24) is 0 Å². The Balaban J connectivity index is 2.62. The van der Waals surface area contributed by atoms with Crippen LogP contribution in [0, 0.1) is 0 Å². The first-order valence-corrected chi connectivity index (χ1v) is 5.67. The van der Waals surface area contributed by atoms with Crippen molar-refractivity contribution in [2.45, 2.75) is 6.42 Å². The van der Waals surface area contributed by atoms with E-state index in [1.54, 1.807) is 18.2 Å². The first kappa shape index (κ1) is 13.8. The summed E-state index contributed by atoms with van der Waals surface area (Å²) in [4.78, 5) is 22.3. The molecule has 92 valence electrons. The van der Waals surface area contributed by atoms with E-state index < -0.39 is 0 Å². The summed E-state index contributed by atoms with van der Waals surface area (Å²) >= 11 is 11.6. The molecule has 0 saturated carbocycles. The smallest absolute Gasteiger partial charge is 0.293 e. The lowest BCUT2D eigenvalue weighted by Gasteiger charge is -2.17. The summed E-state index contributed by atoms with van der Waals surface area (Å²) in [5.41, 5.74) is 0.653.